The first-order valence-electron chi connectivity index (χ1n) is 6.47. The van der Waals surface area contributed by atoms with Crippen LogP contribution in [0.4, 0.5) is 0 Å². The van der Waals surface area contributed by atoms with Gasteiger partial charge in [0.15, 0.2) is 5.69 Å². The number of nitrogens with two attached hydrogens (primary N) is 1. The van der Waals surface area contributed by atoms with Crippen molar-refractivity contribution in [2.24, 2.45) is 5.73 Å². The molecule has 5 N–H and O–H groups in total. The van der Waals surface area contributed by atoms with Gasteiger partial charge >= 0.3 is 5.97 Å². The van der Waals surface area contributed by atoms with Crippen molar-refractivity contribution >= 4 is 17.8 Å². The first-order valence-corrected chi connectivity index (χ1v) is 6.47. The van der Waals surface area contributed by atoms with Gasteiger partial charge in [-0.15, -0.1) is 0 Å². The number of carboxylic acid groups (broad SMARTS) is 1. The molecule has 2 aromatic rings. The van der Waals surface area contributed by atoms with Crippen LogP contribution < -0.4 is 11.1 Å². The number of primary amides is 1. The Balaban J connectivity index is 2.29. The number of nitrogens with one attached hydrogen (secondary N) is 1. The second-order valence-electron chi connectivity index (χ2n) is 4.61. The van der Waals surface area contributed by atoms with Crippen molar-refractivity contribution < 1.29 is 24.6 Å². The monoisotopic (exact) mass is 315 g/mol. The van der Waals surface area contributed by atoms with Gasteiger partial charge in [-0.25, -0.2) is 4.98 Å². The Morgan fingerprint density at radius 3 is 2.52 bits per heavy atom. The summed E-state index contributed by atoms with van der Waals surface area (Å²) in [6.45, 7) is -0.581. The Bertz CT molecular complexity index is 788. The predicted octanol–water partition coefficient (Wildman–Crippen LogP) is 0.367. The predicted molar refractivity (Wildman–Crippen MR) is 79.8 cm³/mol. The van der Waals surface area contributed by atoms with E-state index in [0.29, 0.717) is 16.7 Å². The van der Waals surface area contributed by atoms with Crippen LogP contribution in [-0.4, -0.2) is 39.5 Å². The van der Waals surface area contributed by atoms with E-state index >= 15 is 0 Å². The number of rotatable bonds is 5. The molecule has 8 heteroatoms. The van der Waals surface area contributed by atoms with Crippen LogP contribution in [-0.2, 0) is 4.79 Å². The molecule has 0 unspecified atom stereocenters. The van der Waals surface area contributed by atoms with E-state index in [-0.39, 0.29) is 5.69 Å². The van der Waals surface area contributed by atoms with Crippen molar-refractivity contribution in [1.82, 2.24) is 10.3 Å². The Hall–Kier alpha value is -3.42. The number of carbonyl (C=O) groups excluding carboxylic acids is 2. The van der Waals surface area contributed by atoms with Crippen molar-refractivity contribution in [3.8, 4) is 16.9 Å². The molecular formula is C15H13N3O5. The molecule has 23 heavy (non-hydrogen) atoms. The third-order valence-corrected chi connectivity index (χ3v) is 2.96. The van der Waals surface area contributed by atoms with Crippen molar-refractivity contribution in [3.05, 3.63) is 47.8 Å². The molecular weight excluding hydrogens is 302 g/mol. The summed E-state index contributed by atoms with van der Waals surface area (Å²) in [7, 11) is 0. The number of benzene rings is 1. The summed E-state index contributed by atoms with van der Waals surface area (Å²) < 4.78 is 0. The minimum Gasteiger partial charge on any atom is -0.505 e. The number of aliphatic carboxylic acids is 1. The molecule has 1 heterocycles. The molecule has 0 atom stereocenters. The maximum atomic E-state index is 11.7. The Labute approximate surface area is 130 Å². The largest absolute Gasteiger partial charge is 0.505 e. The van der Waals surface area contributed by atoms with E-state index in [9.17, 15) is 19.5 Å². The molecule has 0 saturated carbocycles. The van der Waals surface area contributed by atoms with Gasteiger partial charge in [-0.1, -0.05) is 12.1 Å². The van der Waals surface area contributed by atoms with E-state index in [1.54, 1.807) is 18.2 Å². The molecule has 0 spiro atoms. The first-order chi connectivity index (χ1) is 10.9. The minimum atomic E-state index is -1.21. The topological polar surface area (TPSA) is 143 Å². The Morgan fingerprint density at radius 2 is 1.91 bits per heavy atom. The van der Waals surface area contributed by atoms with Crippen molar-refractivity contribution in [3.63, 3.8) is 0 Å². The number of nitrogens with zero attached hydrogens (tertiary/aromatic N) is 1. The molecule has 1 aromatic carbocycles. The number of aromatic hydroxyl groups is 1. The third kappa shape index (κ3) is 3.82. The van der Waals surface area contributed by atoms with Crippen LogP contribution in [0.2, 0.25) is 0 Å². The van der Waals surface area contributed by atoms with Gasteiger partial charge in [0.25, 0.3) is 5.91 Å². The lowest BCUT2D eigenvalue weighted by Crippen LogP contribution is -2.29. The molecule has 118 valence electrons. The lowest BCUT2D eigenvalue weighted by molar-refractivity contribution is -0.135. The summed E-state index contributed by atoms with van der Waals surface area (Å²) in [5, 5.41) is 20.5. The van der Waals surface area contributed by atoms with Crippen LogP contribution in [0.1, 0.15) is 20.8 Å². The highest BCUT2D eigenvalue weighted by molar-refractivity contribution is 5.97. The average Bonchev–Trinajstić information content (AvgIpc) is 2.52. The van der Waals surface area contributed by atoms with E-state index in [1.165, 1.54) is 18.3 Å². The van der Waals surface area contributed by atoms with Gasteiger partial charge in [-0.05, 0) is 23.8 Å². The zero-order valence-electron chi connectivity index (χ0n) is 11.8. The van der Waals surface area contributed by atoms with Gasteiger partial charge in [-0.2, -0.15) is 0 Å². The van der Waals surface area contributed by atoms with E-state index in [0.717, 1.165) is 0 Å². The lowest BCUT2D eigenvalue weighted by atomic mass is 10.0. The molecule has 2 rings (SSSR count). The maximum absolute atomic E-state index is 11.7. The van der Waals surface area contributed by atoms with Crippen LogP contribution in [0, 0.1) is 0 Å². The summed E-state index contributed by atoms with van der Waals surface area (Å²) >= 11 is 0. The average molecular weight is 315 g/mol. The normalized spacial score (nSPS) is 10.1. The molecule has 1 aromatic heterocycles. The molecule has 8 nitrogen and oxygen atoms in total. The molecule has 0 bridgehead atoms. The lowest BCUT2D eigenvalue weighted by Gasteiger charge is -2.07. The first kappa shape index (κ1) is 16.0. The van der Waals surface area contributed by atoms with Gasteiger partial charge < -0.3 is 21.3 Å². The fourth-order valence-corrected chi connectivity index (χ4v) is 1.88. The van der Waals surface area contributed by atoms with Crippen molar-refractivity contribution in [2.45, 2.75) is 0 Å². The molecule has 0 aliphatic heterocycles. The van der Waals surface area contributed by atoms with Gasteiger partial charge in [0.1, 0.15) is 12.3 Å². The molecule has 0 aliphatic carbocycles. The van der Waals surface area contributed by atoms with Gasteiger partial charge in [-0.3, -0.25) is 14.4 Å². The molecule has 0 radical (unpaired) electrons. The third-order valence-electron chi connectivity index (χ3n) is 2.96. The van der Waals surface area contributed by atoms with E-state index in [1.807, 2.05) is 0 Å². The number of hydrogen-bond donors (Lipinski definition) is 4. The summed E-state index contributed by atoms with van der Waals surface area (Å²) in [6.07, 6.45) is 1.33. The fraction of sp³-hybridized carbons (Fsp3) is 0.0667. The number of hydrogen-bond acceptors (Lipinski definition) is 5. The van der Waals surface area contributed by atoms with Crippen LogP contribution in [0.5, 0.6) is 5.75 Å². The maximum Gasteiger partial charge on any atom is 0.322 e. The minimum absolute atomic E-state index is 0.291. The number of aromatic nitrogens is 1. The quantitative estimate of drug-likeness (QED) is 0.627. The number of carbonyl (C=O) groups is 3. The molecule has 0 aliphatic rings. The summed E-state index contributed by atoms with van der Waals surface area (Å²) in [6, 6.07) is 7.69. The Morgan fingerprint density at radius 1 is 1.17 bits per heavy atom. The van der Waals surface area contributed by atoms with Crippen LogP contribution in [0.3, 0.4) is 0 Å². The van der Waals surface area contributed by atoms with Crippen LogP contribution in [0.15, 0.2) is 36.5 Å². The van der Waals surface area contributed by atoms with Gasteiger partial charge in [0, 0.05) is 17.3 Å². The molecule has 2 amide bonds. The highest BCUT2D eigenvalue weighted by Gasteiger charge is 2.15. The zero-order valence-corrected chi connectivity index (χ0v) is 11.8. The van der Waals surface area contributed by atoms with E-state index in [4.69, 9.17) is 10.8 Å². The summed E-state index contributed by atoms with van der Waals surface area (Å²) in [4.78, 5) is 37.1. The van der Waals surface area contributed by atoms with Gasteiger partial charge in [0.05, 0.1) is 0 Å². The number of amides is 2. The van der Waals surface area contributed by atoms with E-state index < -0.39 is 30.1 Å². The number of carboxylic acids is 1. The SMILES string of the molecule is NC(=O)c1cccc(-c2cnc(C(=O)NCC(=O)O)c(O)c2)c1. The van der Waals surface area contributed by atoms with Gasteiger partial charge in [0.2, 0.25) is 5.91 Å². The van der Waals surface area contributed by atoms with Crippen molar-refractivity contribution in [2.75, 3.05) is 6.54 Å². The standard InChI is InChI=1S/C15H13N3O5/c16-14(22)9-3-1-2-8(4-9)10-5-11(19)13(17-6-10)15(23)18-7-12(20)21/h1-6,19H,7H2,(H2,16,22)(H,18,23)(H,20,21). The summed E-state index contributed by atoms with van der Waals surface area (Å²) in [5.74, 6) is -3.01. The summed E-state index contributed by atoms with van der Waals surface area (Å²) in [5.41, 5.74) is 6.27. The highest BCUT2D eigenvalue weighted by Crippen LogP contribution is 2.25. The Kier molecular flexibility index (Phi) is 4.55. The van der Waals surface area contributed by atoms with E-state index in [2.05, 4.69) is 10.3 Å². The molecule has 0 saturated heterocycles. The fourth-order valence-electron chi connectivity index (χ4n) is 1.88. The molecule has 0 fully saturated rings. The second kappa shape index (κ2) is 6.56. The number of pyridine rings is 1. The highest BCUT2D eigenvalue weighted by atomic mass is 16.4. The van der Waals surface area contributed by atoms with Crippen LogP contribution in [0.25, 0.3) is 11.1 Å². The zero-order chi connectivity index (χ0) is 17.0. The van der Waals surface area contributed by atoms with Crippen LogP contribution >= 0.6 is 0 Å². The second-order valence-corrected chi connectivity index (χ2v) is 4.61. The smallest absolute Gasteiger partial charge is 0.322 e. The van der Waals surface area contributed by atoms with Crippen molar-refractivity contribution in [1.29, 1.82) is 0 Å².